The highest BCUT2D eigenvalue weighted by molar-refractivity contribution is 6.30. The predicted molar refractivity (Wildman–Crippen MR) is 85.2 cm³/mol. The Kier molecular flexibility index (Phi) is 4.24. The van der Waals surface area contributed by atoms with E-state index in [4.69, 9.17) is 11.6 Å². The van der Waals surface area contributed by atoms with Crippen LogP contribution in [0.15, 0.2) is 54.6 Å². The molecule has 1 saturated heterocycles. The third-order valence-electron chi connectivity index (χ3n) is 3.72. The van der Waals surface area contributed by atoms with Crippen LogP contribution >= 0.6 is 11.6 Å². The summed E-state index contributed by atoms with van der Waals surface area (Å²) in [4.78, 5) is 2.50. The number of hydrogen-bond acceptors (Lipinski definition) is 2. The zero-order chi connectivity index (χ0) is 13.8. The van der Waals surface area contributed by atoms with E-state index in [-0.39, 0.29) is 0 Å². The first kappa shape index (κ1) is 13.5. The second kappa shape index (κ2) is 6.29. The summed E-state index contributed by atoms with van der Waals surface area (Å²) in [5.74, 6) is 0. The molecule has 1 N–H and O–H groups in total. The van der Waals surface area contributed by atoms with Crippen LogP contribution in [0.5, 0.6) is 0 Å². The molecule has 3 heteroatoms. The summed E-state index contributed by atoms with van der Waals surface area (Å²) < 4.78 is 0. The minimum Gasteiger partial charge on any atom is -0.381 e. The Bertz CT molecular complexity index is 556. The molecule has 104 valence electrons. The lowest BCUT2D eigenvalue weighted by Crippen LogP contribution is -2.25. The number of nitrogens with zero attached hydrogens (tertiary/aromatic N) is 1. The van der Waals surface area contributed by atoms with Crippen LogP contribution in [0.25, 0.3) is 0 Å². The molecular weight excluding hydrogens is 268 g/mol. The van der Waals surface area contributed by atoms with Gasteiger partial charge in [-0.05, 0) is 30.2 Å². The van der Waals surface area contributed by atoms with Crippen LogP contribution in [0.1, 0.15) is 12.0 Å². The number of hydrogen-bond donors (Lipinski definition) is 1. The van der Waals surface area contributed by atoms with E-state index in [0.717, 1.165) is 30.3 Å². The highest BCUT2D eigenvalue weighted by Crippen LogP contribution is 2.20. The Labute approximate surface area is 125 Å². The molecule has 1 aliphatic heterocycles. The van der Waals surface area contributed by atoms with Gasteiger partial charge in [-0.2, -0.15) is 0 Å². The molecule has 0 radical (unpaired) electrons. The summed E-state index contributed by atoms with van der Waals surface area (Å²) in [6.07, 6.45) is 1.18. The number of halogens is 1. The Morgan fingerprint density at radius 1 is 1.10 bits per heavy atom. The predicted octanol–water partition coefficient (Wildman–Crippen LogP) is 4.03. The van der Waals surface area contributed by atoms with Crippen molar-refractivity contribution in [2.45, 2.75) is 19.0 Å². The fourth-order valence-electron chi connectivity index (χ4n) is 2.75. The van der Waals surface area contributed by atoms with Gasteiger partial charge in [-0.15, -0.1) is 0 Å². The van der Waals surface area contributed by atoms with E-state index >= 15 is 0 Å². The number of benzene rings is 2. The molecule has 0 saturated carbocycles. The van der Waals surface area contributed by atoms with Crippen LogP contribution in [0.4, 0.5) is 5.69 Å². The van der Waals surface area contributed by atoms with E-state index in [9.17, 15) is 0 Å². The summed E-state index contributed by atoms with van der Waals surface area (Å²) in [5.41, 5.74) is 2.50. The SMILES string of the molecule is Clc1cccc(NC2CCN(Cc3ccccc3)C2)c1. The summed E-state index contributed by atoms with van der Waals surface area (Å²) in [6, 6.07) is 19.1. The fraction of sp³-hybridized carbons (Fsp3) is 0.294. The first-order valence-electron chi connectivity index (χ1n) is 7.08. The van der Waals surface area contributed by atoms with E-state index < -0.39 is 0 Å². The second-order valence-corrected chi connectivity index (χ2v) is 5.80. The molecule has 1 atom stereocenters. The van der Waals surface area contributed by atoms with Crippen molar-refractivity contribution in [3.8, 4) is 0 Å². The van der Waals surface area contributed by atoms with Crippen molar-refractivity contribution in [1.29, 1.82) is 0 Å². The minimum atomic E-state index is 0.511. The van der Waals surface area contributed by atoms with Gasteiger partial charge in [0.05, 0.1) is 0 Å². The van der Waals surface area contributed by atoms with Gasteiger partial charge >= 0.3 is 0 Å². The number of anilines is 1. The zero-order valence-electron chi connectivity index (χ0n) is 11.4. The molecule has 1 fully saturated rings. The van der Waals surface area contributed by atoms with Gasteiger partial charge in [-0.1, -0.05) is 48.0 Å². The summed E-state index contributed by atoms with van der Waals surface area (Å²) in [5, 5.41) is 4.36. The smallest absolute Gasteiger partial charge is 0.0426 e. The van der Waals surface area contributed by atoms with Gasteiger partial charge in [0.2, 0.25) is 0 Å². The van der Waals surface area contributed by atoms with Gasteiger partial charge in [-0.25, -0.2) is 0 Å². The molecule has 0 amide bonds. The Morgan fingerprint density at radius 2 is 1.95 bits per heavy atom. The monoisotopic (exact) mass is 286 g/mol. The molecule has 1 heterocycles. The second-order valence-electron chi connectivity index (χ2n) is 5.36. The standard InChI is InChI=1S/C17H19ClN2/c18-15-7-4-8-16(11-15)19-17-9-10-20(13-17)12-14-5-2-1-3-6-14/h1-8,11,17,19H,9-10,12-13H2. The maximum absolute atomic E-state index is 6.02. The molecule has 2 aromatic carbocycles. The van der Waals surface area contributed by atoms with Gasteiger partial charge in [0.1, 0.15) is 0 Å². The topological polar surface area (TPSA) is 15.3 Å². The first-order chi connectivity index (χ1) is 9.79. The lowest BCUT2D eigenvalue weighted by Gasteiger charge is -2.17. The van der Waals surface area contributed by atoms with Gasteiger partial charge < -0.3 is 5.32 Å². The molecule has 20 heavy (non-hydrogen) atoms. The maximum Gasteiger partial charge on any atom is 0.0426 e. The number of rotatable bonds is 4. The van der Waals surface area contributed by atoms with Gasteiger partial charge in [0.25, 0.3) is 0 Å². The molecular formula is C17H19ClN2. The van der Waals surface area contributed by atoms with Crippen LogP contribution in [0.3, 0.4) is 0 Å². The number of nitrogens with one attached hydrogen (secondary N) is 1. The van der Waals surface area contributed by atoms with E-state index in [1.165, 1.54) is 12.0 Å². The maximum atomic E-state index is 6.02. The third kappa shape index (κ3) is 3.53. The number of likely N-dealkylation sites (tertiary alicyclic amines) is 1. The minimum absolute atomic E-state index is 0.511. The molecule has 3 rings (SSSR count). The van der Waals surface area contributed by atoms with E-state index in [1.54, 1.807) is 0 Å². The molecule has 2 aromatic rings. The first-order valence-corrected chi connectivity index (χ1v) is 7.46. The van der Waals surface area contributed by atoms with Crippen LogP contribution in [-0.2, 0) is 6.54 Å². The Hall–Kier alpha value is -1.51. The molecule has 0 bridgehead atoms. The quantitative estimate of drug-likeness (QED) is 0.913. The van der Waals surface area contributed by atoms with Crippen molar-refractivity contribution in [3.05, 3.63) is 65.2 Å². The highest BCUT2D eigenvalue weighted by atomic mass is 35.5. The summed E-state index contributed by atoms with van der Waals surface area (Å²) in [6.45, 7) is 3.27. The largest absolute Gasteiger partial charge is 0.381 e. The van der Waals surface area contributed by atoms with Crippen molar-refractivity contribution in [2.24, 2.45) is 0 Å². The normalized spacial score (nSPS) is 19.1. The van der Waals surface area contributed by atoms with Crippen molar-refractivity contribution in [1.82, 2.24) is 4.90 Å². The van der Waals surface area contributed by atoms with Crippen molar-refractivity contribution in [2.75, 3.05) is 18.4 Å². The fourth-order valence-corrected chi connectivity index (χ4v) is 2.94. The molecule has 1 unspecified atom stereocenters. The highest BCUT2D eigenvalue weighted by Gasteiger charge is 2.22. The lowest BCUT2D eigenvalue weighted by atomic mass is 10.2. The molecule has 2 nitrogen and oxygen atoms in total. The van der Waals surface area contributed by atoms with Crippen LogP contribution in [0.2, 0.25) is 5.02 Å². The average Bonchev–Trinajstić information content (AvgIpc) is 2.87. The van der Waals surface area contributed by atoms with Crippen LogP contribution in [-0.4, -0.2) is 24.0 Å². The Morgan fingerprint density at radius 3 is 2.75 bits per heavy atom. The van der Waals surface area contributed by atoms with E-state index in [1.807, 2.05) is 18.2 Å². The summed E-state index contributed by atoms with van der Waals surface area (Å²) in [7, 11) is 0. The summed E-state index contributed by atoms with van der Waals surface area (Å²) >= 11 is 6.02. The van der Waals surface area contributed by atoms with Gasteiger partial charge in [-0.3, -0.25) is 4.90 Å². The van der Waals surface area contributed by atoms with Gasteiger partial charge in [0.15, 0.2) is 0 Å². The Balaban J connectivity index is 1.54. The van der Waals surface area contributed by atoms with Crippen LogP contribution < -0.4 is 5.32 Å². The van der Waals surface area contributed by atoms with Gasteiger partial charge in [0, 0.05) is 36.4 Å². The molecule has 0 aliphatic carbocycles. The van der Waals surface area contributed by atoms with E-state index in [2.05, 4.69) is 46.6 Å². The third-order valence-corrected chi connectivity index (χ3v) is 3.95. The van der Waals surface area contributed by atoms with Crippen molar-refractivity contribution in [3.63, 3.8) is 0 Å². The molecule has 1 aliphatic rings. The lowest BCUT2D eigenvalue weighted by molar-refractivity contribution is 0.328. The average molecular weight is 287 g/mol. The van der Waals surface area contributed by atoms with Crippen molar-refractivity contribution < 1.29 is 0 Å². The molecule has 0 aromatic heterocycles. The zero-order valence-corrected chi connectivity index (χ0v) is 12.2. The molecule has 0 spiro atoms. The van der Waals surface area contributed by atoms with Crippen molar-refractivity contribution >= 4 is 17.3 Å². The van der Waals surface area contributed by atoms with Crippen LogP contribution in [0, 0.1) is 0 Å². The van der Waals surface area contributed by atoms with E-state index in [0.29, 0.717) is 6.04 Å².